The molecule has 8 nitrogen and oxygen atoms in total. The van der Waals surface area contributed by atoms with Gasteiger partial charge >= 0.3 is 5.97 Å². The topological polar surface area (TPSA) is 98.6 Å². The van der Waals surface area contributed by atoms with Crippen LogP contribution in [0.15, 0.2) is 100 Å². The van der Waals surface area contributed by atoms with Gasteiger partial charge in [0.15, 0.2) is 4.80 Å². The van der Waals surface area contributed by atoms with E-state index in [1.165, 1.54) is 11.3 Å². The number of esters is 1. The Labute approximate surface area is 245 Å². The Morgan fingerprint density at radius 1 is 1.07 bits per heavy atom. The van der Waals surface area contributed by atoms with Crippen LogP contribution < -0.4 is 19.6 Å². The molecular weight excluding hydrogens is 548 g/mol. The number of para-hydroxylation sites is 1. The molecule has 0 N–H and O–H groups in total. The zero-order valence-corrected chi connectivity index (χ0v) is 23.8. The summed E-state index contributed by atoms with van der Waals surface area (Å²) in [5.74, 6) is 0.125. The number of hydrogen-bond donors (Lipinski definition) is 0. The first-order valence-corrected chi connectivity index (χ1v) is 14.2. The highest BCUT2D eigenvalue weighted by atomic mass is 32.1. The third-order valence-corrected chi connectivity index (χ3v) is 8.14. The molecule has 0 aliphatic carbocycles. The first kappa shape index (κ1) is 27.0. The maximum absolute atomic E-state index is 14.2. The van der Waals surface area contributed by atoms with E-state index in [1.54, 1.807) is 30.7 Å². The molecule has 1 aliphatic heterocycles. The van der Waals surface area contributed by atoms with Gasteiger partial charge in [-0.2, -0.15) is 5.26 Å². The van der Waals surface area contributed by atoms with Crippen molar-refractivity contribution in [3.05, 3.63) is 127 Å². The maximum Gasteiger partial charge on any atom is 0.338 e. The number of rotatable bonds is 7. The van der Waals surface area contributed by atoms with E-state index in [4.69, 9.17) is 14.5 Å². The third-order valence-electron chi connectivity index (χ3n) is 7.15. The van der Waals surface area contributed by atoms with Crippen LogP contribution in [0.25, 0.3) is 22.7 Å². The van der Waals surface area contributed by atoms with Crippen LogP contribution in [0.1, 0.15) is 29.7 Å². The lowest BCUT2D eigenvalue weighted by Crippen LogP contribution is -2.40. The highest BCUT2D eigenvalue weighted by Crippen LogP contribution is 2.35. The number of ether oxygens (including phenoxy) is 2. The van der Waals surface area contributed by atoms with Crippen molar-refractivity contribution in [2.24, 2.45) is 4.99 Å². The van der Waals surface area contributed by atoms with E-state index < -0.39 is 12.0 Å². The molecule has 0 amide bonds. The predicted molar refractivity (Wildman–Crippen MR) is 162 cm³/mol. The summed E-state index contributed by atoms with van der Waals surface area (Å²) < 4.78 is 14.8. The molecule has 0 fully saturated rings. The molecule has 208 valence electrons. The fraction of sp³-hybridized carbons (Fsp3) is 0.152. The largest absolute Gasteiger partial charge is 0.497 e. The Bertz CT molecular complexity index is 2060. The van der Waals surface area contributed by atoms with Crippen molar-refractivity contribution >= 4 is 40.0 Å². The zero-order chi connectivity index (χ0) is 29.2. The molecule has 9 heteroatoms. The number of aromatic nitrogens is 2. The van der Waals surface area contributed by atoms with Gasteiger partial charge in [0, 0.05) is 28.2 Å². The van der Waals surface area contributed by atoms with Gasteiger partial charge < -0.3 is 14.0 Å². The molecule has 0 saturated carbocycles. The number of carbonyl (C=O) groups is 1. The molecule has 2 aromatic heterocycles. The number of thiazole rings is 1. The Balaban J connectivity index is 1.64. The van der Waals surface area contributed by atoms with Gasteiger partial charge in [0.05, 0.1) is 41.6 Å². The van der Waals surface area contributed by atoms with E-state index in [9.17, 15) is 14.9 Å². The standard InChI is InChI=1S/C33H26N4O4S/c1-3-41-32(39)28-29(21-9-5-4-6-10-21)35-33-37(30(28)22-13-15-24(40-2)16-14-22)31(38)27(42-33)19-23-20-36(18-17-34)26-12-8-7-11-25(23)26/h4-16,19-20,30H,3,18H2,1-2H3/b27-19-/t30-/m1/s1. The molecule has 0 bridgehead atoms. The normalized spacial score (nSPS) is 14.8. The molecule has 42 heavy (non-hydrogen) atoms. The fourth-order valence-electron chi connectivity index (χ4n) is 5.28. The van der Waals surface area contributed by atoms with Gasteiger partial charge in [-0.05, 0) is 36.8 Å². The minimum atomic E-state index is -0.775. The van der Waals surface area contributed by atoms with Crippen LogP contribution in [0.4, 0.5) is 0 Å². The number of nitriles is 1. The zero-order valence-electron chi connectivity index (χ0n) is 23.0. The minimum Gasteiger partial charge on any atom is -0.497 e. The average Bonchev–Trinajstić information content (AvgIpc) is 3.53. The Morgan fingerprint density at radius 2 is 1.81 bits per heavy atom. The molecule has 1 atom stereocenters. The Hall–Kier alpha value is -5.20. The summed E-state index contributed by atoms with van der Waals surface area (Å²) >= 11 is 1.26. The Morgan fingerprint density at radius 3 is 2.52 bits per heavy atom. The van der Waals surface area contributed by atoms with Gasteiger partial charge in [-0.25, -0.2) is 9.79 Å². The van der Waals surface area contributed by atoms with Crippen LogP contribution in [0.2, 0.25) is 0 Å². The van der Waals surface area contributed by atoms with Crippen molar-refractivity contribution in [1.29, 1.82) is 5.26 Å². The number of methoxy groups -OCH3 is 1. The molecule has 3 heterocycles. The second kappa shape index (κ2) is 11.4. The monoisotopic (exact) mass is 574 g/mol. The van der Waals surface area contributed by atoms with Crippen LogP contribution in [0.5, 0.6) is 5.75 Å². The number of hydrogen-bond acceptors (Lipinski definition) is 7. The van der Waals surface area contributed by atoms with Crippen molar-refractivity contribution in [2.75, 3.05) is 13.7 Å². The van der Waals surface area contributed by atoms with Gasteiger partial charge in [0.1, 0.15) is 12.3 Å². The van der Waals surface area contributed by atoms with Crippen LogP contribution >= 0.6 is 11.3 Å². The molecule has 0 unspecified atom stereocenters. The lowest BCUT2D eigenvalue weighted by Gasteiger charge is -2.26. The fourth-order valence-corrected chi connectivity index (χ4v) is 6.27. The average molecular weight is 575 g/mol. The summed E-state index contributed by atoms with van der Waals surface area (Å²) in [5.41, 5.74) is 3.68. The lowest BCUT2D eigenvalue weighted by atomic mass is 9.93. The van der Waals surface area contributed by atoms with Gasteiger partial charge in [-0.15, -0.1) is 0 Å². The molecule has 5 aromatic rings. The highest BCUT2D eigenvalue weighted by molar-refractivity contribution is 7.07. The second-order valence-corrected chi connectivity index (χ2v) is 10.6. The highest BCUT2D eigenvalue weighted by Gasteiger charge is 2.35. The number of fused-ring (bicyclic) bond motifs is 2. The third kappa shape index (κ3) is 4.72. The number of carbonyl (C=O) groups excluding carboxylic acids is 1. The van der Waals surface area contributed by atoms with Crippen molar-refractivity contribution in [2.45, 2.75) is 19.5 Å². The first-order chi connectivity index (χ1) is 20.5. The van der Waals surface area contributed by atoms with Crippen LogP contribution in [-0.4, -0.2) is 28.8 Å². The number of benzene rings is 3. The van der Waals surface area contributed by atoms with Gasteiger partial charge in [0.25, 0.3) is 5.56 Å². The van der Waals surface area contributed by atoms with Crippen molar-refractivity contribution in [3.8, 4) is 11.8 Å². The van der Waals surface area contributed by atoms with Crippen LogP contribution in [0, 0.1) is 11.3 Å². The van der Waals surface area contributed by atoms with Crippen LogP contribution in [-0.2, 0) is 16.1 Å². The number of nitrogens with zero attached hydrogens (tertiary/aromatic N) is 4. The molecule has 0 spiro atoms. The molecule has 3 aromatic carbocycles. The lowest BCUT2D eigenvalue weighted by molar-refractivity contribution is -0.138. The summed E-state index contributed by atoms with van der Waals surface area (Å²) in [6.45, 7) is 2.12. The summed E-state index contributed by atoms with van der Waals surface area (Å²) in [5, 5.41) is 10.3. The second-order valence-electron chi connectivity index (χ2n) is 9.59. The summed E-state index contributed by atoms with van der Waals surface area (Å²) in [6.07, 6.45) is 3.72. The summed E-state index contributed by atoms with van der Waals surface area (Å²) in [4.78, 5) is 33.2. The summed E-state index contributed by atoms with van der Waals surface area (Å²) in [6, 6.07) is 26.0. The molecular formula is C33H26N4O4S. The van der Waals surface area contributed by atoms with Crippen molar-refractivity contribution in [1.82, 2.24) is 9.13 Å². The quantitative estimate of drug-likeness (QED) is 0.268. The first-order valence-electron chi connectivity index (χ1n) is 13.4. The molecule has 6 rings (SSSR count). The van der Waals surface area contributed by atoms with Gasteiger partial charge in [0.2, 0.25) is 0 Å². The molecule has 0 radical (unpaired) electrons. The Kier molecular flexibility index (Phi) is 7.30. The van der Waals surface area contributed by atoms with E-state index in [2.05, 4.69) is 6.07 Å². The minimum absolute atomic E-state index is 0.177. The van der Waals surface area contributed by atoms with Gasteiger partial charge in [-0.3, -0.25) is 9.36 Å². The van der Waals surface area contributed by atoms with E-state index in [0.29, 0.717) is 20.8 Å². The van der Waals surface area contributed by atoms with E-state index in [-0.39, 0.29) is 24.3 Å². The molecule has 1 aliphatic rings. The maximum atomic E-state index is 14.2. The SMILES string of the molecule is CCOC(=O)C1=C(c2ccccc2)N=c2s/c(=C\c3cn(CC#N)c4ccccc34)c(=O)n2[C@@H]1c1ccc(OC)cc1. The van der Waals surface area contributed by atoms with Gasteiger partial charge in [-0.1, -0.05) is 72.0 Å². The summed E-state index contributed by atoms with van der Waals surface area (Å²) in [7, 11) is 1.59. The van der Waals surface area contributed by atoms with Crippen molar-refractivity contribution in [3.63, 3.8) is 0 Å². The van der Waals surface area contributed by atoms with E-state index >= 15 is 0 Å². The van der Waals surface area contributed by atoms with Crippen LogP contribution in [0.3, 0.4) is 0 Å². The predicted octanol–water partition coefficient (Wildman–Crippen LogP) is 4.42. The van der Waals surface area contributed by atoms with E-state index in [1.807, 2.05) is 83.6 Å². The van der Waals surface area contributed by atoms with Crippen molar-refractivity contribution < 1.29 is 14.3 Å². The molecule has 0 saturated heterocycles. The smallest absolute Gasteiger partial charge is 0.338 e. The van der Waals surface area contributed by atoms with E-state index in [0.717, 1.165) is 27.6 Å².